The second kappa shape index (κ2) is 6.27. The Kier molecular flexibility index (Phi) is 4.93. The average Bonchev–Trinajstić information content (AvgIpc) is 2.68. The molecule has 0 aromatic carbocycles. The van der Waals surface area contributed by atoms with E-state index in [0.29, 0.717) is 19.1 Å². The summed E-state index contributed by atoms with van der Waals surface area (Å²) in [6.45, 7) is 1.30. The molecule has 0 aromatic heterocycles. The Hall–Kier alpha value is -1.26. The average molecular weight is 211 g/mol. The van der Waals surface area contributed by atoms with Crippen molar-refractivity contribution in [3.05, 3.63) is 10.4 Å². The van der Waals surface area contributed by atoms with Crippen molar-refractivity contribution >= 4 is 5.91 Å². The van der Waals surface area contributed by atoms with E-state index in [0.717, 1.165) is 12.8 Å². The Labute approximate surface area is 89.0 Å². The molecule has 0 spiro atoms. The Bertz CT molecular complexity index is 255. The monoisotopic (exact) mass is 211 g/mol. The number of nitrogens with two attached hydrogens (primary N) is 1. The highest BCUT2D eigenvalue weighted by atomic mass is 16.1. The van der Waals surface area contributed by atoms with Gasteiger partial charge >= 0.3 is 0 Å². The number of carbonyl (C=O) groups is 1. The highest BCUT2D eigenvalue weighted by Gasteiger charge is 2.22. The summed E-state index contributed by atoms with van der Waals surface area (Å²) < 4.78 is 0. The first kappa shape index (κ1) is 11.8. The van der Waals surface area contributed by atoms with Gasteiger partial charge in [-0.05, 0) is 18.4 Å². The molecular weight excluding hydrogens is 194 g/mol. The summed E-state index contributed by atoms with van der Waals surface area (Å²) in [5.74, 6) is -0.317. The van der Waals surface area contributed by atoms with E-state index in [-0.39, 0.29) is 12.5 Å². The lowest BCUT2D eigenvalue weighted by atomic mass is 10.2. The molecule has 1 rings (SSSR count). The van der Waals surface area contributed by atoms with Crippen molar-refractivity contribution < 1.29 is 4.79 Å². The van der Waals surface area contributed by atoms with Crippen LogP contribution in [-0.4, -0.2) is 36.5 Å². The van der Waals surface area contributed by atoms with Crippen LogP contribution < -0.4 is 5.73 Å². The lowest BCUT2D eigenvalue weighted by Gasteiger charge is -2.26. The summed E-state index contributed by atoms with van der Waals surface area (Å²) in [5.41, 5.74) is 13.4. The molecule has 0 heterocycles. The topological polar surface area (TPSA) is 95.1 Å². The van der Waals surface area contributed by atoms with Gasteiger partial charge in [-0.1, -0.05) is 18.0 Å². The van der Waals surface area contributed by atoms with Gasteiger partial charge < -0.3 is 5.73 Å². The molecule has 84 valence electrons. The van der Waals surface area contributed by atoms with E-state index in [4.69, 9.17) is 11.3 Å². The third kappa shape index (κ3) is 4.18. The second-order valence-electron chi connectivity index (χ2n) is 3.83. The molecule has 2 N–H and O–H groups in total. The van der Waals surface area contributed by atoms with Crippen molar-refractivity contribution in [2.24, 2.45) is 10.8 Å². The Morgan fingerprint density at radius 1 is 1.53 bits per heavy atom. The molecule has 1 aliphatic carbocycles. The van der Waals surface area contributed by atoms with E-state index in [1.807, 2.05) is 4.90 Å². The molecule has 1 amide bonds. The van der Waals surface area contributed by atoms with E-state index >= 15 is 0 Å². The number of amides is 1. The number of primary amides is 1. The van der Waals surface area contributed by atoms with Crippen LogP contribution in [0.3, 0.4) is 0 Å². The minimum absolute atomic E-state index is 0.269. The zero-order valence-electron chi connectivity index (χ0n) is 8.80. The number of hydrogen-bond acceptors (Lipinski definition) is 3. The molecule has 0 radical (unpaired) electrons. The van der Waals surface area contributed by atoms with E-state index in [1.54, 1.807) is 0 Å². The lowest BCUT2D eigenvalue weighted by Crippen LogP contribution is -2.41. The van der Waals surface area contributed by atoms with Crippen molar-refractivity contribution in [3.8, 4) is 0 Å². The highest BCUT2D eigenvalue weighted by molar-refractivity contribution is 5.75. The lowest BCUT2D eigenvalue weighted by molar-refractivity contribution is -0.119. The summed E-state index contributed by atoms with van der Waals surface area (Å²) in [6, 6.07) is 0.436. The fourth-order valence-electron chi connectivity index (χ4n) is 2.08. The van der Waals surface area contributed by atoms with E-state index in [2.05, 4.69) is 10.0 Å². The second-order valence-corrected chi connectivity index (χ2v) is 3.83. The highest BCUT2D eigenvalue weighted by Crippen LogP contribution is 2.22. The number of azide groups is 1. The first-order valence-corrected chi connectivity index (χ1v) is 5.27. The first-order chi connectivity index (χ1) is 7.24. The van der Waals surface area contributed by atoms with Gasteiger partial charge in [0.05, 0.1) is 6.54 Å². The van der Waals surface area contributed by atoms with Gasteiger partial charge in [0.15, 0.2) is 0 Å². The van der Waals surface area contributed by atoms with Gasteiger partial charge in [0.25, 0.3) is 0 Å². The molecule has 6 heteroatoms. The standard InChI is InChI=1S/C9H17N5O/c10-9(15)7-14(6-5-12-13-11)8-3-1-2-4-8/h8H,1-7H2,(H2,10,15). The van der Waals surface area contributed by atoms with Crippen LogP contribution in [0.1, 0.15) is 25.7 Å². The van der Waals surface area contributed by atoms with Crippen LogP contribution in [0.4, 0.5) is 0 Å². The van der Waals surface area contributed by atoms with Crippen LogP contribution in [0.2, 0.25) is 0 Å². The van der Waals surface area contributed by atoms with Crippen molar-refractivity contribution in [2.45, 2.75) is 31.7 Å². The minimum Gasteiger partial charge on any atom is -0.369 e. The fourth-order valence-corrected chi connectivity index (χ4v) is 2.08. The molecule has 0 aromatic rings. The predicted octanol–water partition coefficient (Wildman–Crippen LogP) is 1.03. The van der Waals surface area contributed by atoms with Crippen LogP contribution in [-0.2, 0) is 4.79 Å². The molecule has 0 unspecified atom stereocenters. The van der Waals surface area contributed by atoms with Crippen LogP contribution in [0.5, 0.6) is 0 Å². The van der Waals surface area contributed by atoms with Gasteiger partial charge in [-0.15, -0.1) is 0 Å². The molecule has 6 nitrogen and oxygen atoms in total. The number of rotatable bonds is 6. The van der Waals surface area contributed by atoms with Crippen LogP contribution in [0, 0.1) is 0 Å². The predicted molar refractivity (Wildman–Crippen MR) is 57.0 cm³/mol. The molecule has 0 bridgehead atoms. The molecule has 15 heavy (non-hydrogen) atoms. The molecule has 1 aliphatic rings. The van der Waals surface area contributed by atoms with Crippen LogP contribution in [0.25, 0.3) is 10.4 Å². The van der Waals surface area contributed by atoms with Gasteiger partial charge in [0.1, 0.15) is 0 Å². The Morgan fingerprint density at radius 3 is 2.73 bits per heavy atom. The van der Waals surface area contributed by atoms with Gasteiger partial charge in [-0.2, -0.15) is 0 Å². The van der Waals surface area contributed by atoms with Crippen molar-refractivity contribution in [2.75, 3.05) is 19.6 Å². The van der Waals surface area contributed by atoms with Gasteiger partial charge in [0, 0.05) is 24.0 Å². The Morgan fingerprint density at radius 2 is 2.20 bits per heavy atom. The Balaban J connectivity index is 2.43. The van der Waals surface area contributed by atoms with Gasteiger partial charge in [-0.3, -0.25) is 9.69 Å². The van der Waals surface area contributed by atoms with Gasteiger partial charge in [-0.25, -0.2) is 0 Å². The minimum atomic E-state index is -0.317. The van der Waals surface area contributed by atoms with Crippen molar-refractivity contribution in [1.29, 1.82) is 0 Å². The molecule has 0 aliphatic heterocycles. The maximum atomic E-state index is 10.9. The molecule has 1 saturated carbocycles. The quantitative estimate of drug-likeness (QED) is 0.403. The van der Waals surface area contributed by atoms with Crippen LogP contribution in [0.15, 0.2) is 5.11 Å². The zero-order chi connectivity index (χ0) is 11.1. The van der Waals surface area contributed by atoms with Crippen molar-refractivity contribution in [1.82, 2.24) is 4.90 Å². The maximum Gasteiger partial charge on any atom is 0.231 e. The largest absolute Gasteiger partial charge is 0.369 e. The first-order valence-electron chi connectivity index (χ1n) is 5.27. The van der Waals surface area contributed by atoms with Crippen molar-refractivity contribution in [3.63, 3.8) is 0 Å². The summed E-state index contributed by atoms with van der Waals surface area (Å²) in [4.78, 5) is 15.6. The normalized spacial score (nSPS) is 16.6. The summed E-state index contributed by atoms with van der Waals surface area (Å²) >= 11 is 0. The number of carbonyl (C=O) groups excluding carboxylic acids is 1. The van der Waals surface area contributed by atoms with E-state index in [9.17, 15) is 4.79 Å². The summed E-state index contributed by atoms with van der Waals surface area (Å²) in [5, 5.41) is 3.48. The zero-order valence-corrected chi connectivity index (χ0v) is 8.80. The third-order valence-electron chi connectivity index (χ3n) is 2.75. The fraction of sp³-hybridized carbons (Fsp3) is 0.889. The smallest absolute Gasteiger partial charge is 0.231 e. The maximum absolute atomic E-state index is 10.9. The summed E-state index contributed by atoms with van der Waals surface area (Å²) in [6.07, 6.45) is 4.65. The third-order valence-corrected chi connectivity index (χ3v) is 2.75. The molecule has 0 atom stereocenters. The number of nitrogens with zero attached hydrogens (tertiary/aromatic N) is 4. The van der Waals surface area contributed by atoms with E-state index < -0.39 is 0 Å². The molecule has 1 fully saturated rings. The van der Waals surface area contributed by atoms with Crippen LogP contribution >= 0.6 is 0 Å². The SMILES string of the molecule is [N-]=[N+]=NCCN(CC(N)=O)C1CCCC1. The van der Waals surface area contributed by atoms with Gasteiger partial charge in [0.2, 0.25) is 5.91 Å². The molecular formula is C9H17N5O. The molecule has 0 saturated heterocycles. The van der Waals surface area contributed by atoms with E-state index in [1.165, 1.54) is 12.8 Å². The summed E-state index contributed by atoms with van der Waals surface area (Å²) in [7, 11) is 0. The number of hydrogen-bond donors (Lipinski definition) is 1.